The Labute approximate surface area is 174 Å². The number of nitrogens with one attached hydrogen (secondary N) is 1. The summed E-state index contributed by atoms with van der Waals surface area (Å²) >= 11 is 17.2. The fraction of sp³-hybridized carbons (Fsp3) is 0.111. The lowest BCUT2D eigenvalue weighted by Crippen LogP contribution is -2.25. The molecule has 7 nitrogen and oxygen atoms in total. The first kappa shape index (κ1) is 18.7. The average Bonchev–Trinajstić information content (AvgIpc) is 3.18. The van der Waals surface area contributed by atoms with Gasteiger partial charge < -0.3 is 4.42 Å². The maximum atomic E-state index is 13.1. The molecular formula is C18H13Cl2N5O2S. The fourth-order valence-corrected chi connectivity index (χ4v) is 3.49. The van der Waals surface area contributed by atoms with Crippen molar-refractivity contribution < 1.29 is 4.42 Å². The monoisotopic (exact) mass is 433 g/mol. The van der Waals surface area contributed by atoms with E-state index in [2.05, 4.69) is 15.3 Å². The van der Waals surface area contributed by atoms with Gasteiger partial charge >= 0.3 is 5.69 Å². The largest absolute Gasteiger partial charge is 0.412 e. The van der Waals surface area contributed by atoms with E-state index in [-0.39, 0.29) is 23.0 Å². The van der Waals surface area contributed by atoms with Crippen LogP contribution in [0.15, 0.2) is 57.7 Å². The second kappa shape index (κ2) is 7.75. The molecule has 1 N–H and O–H groups in total. The molecule has 0 saturated carbocycles. The van der Waals surface area contributed by atoms with Gasteiger partial charge in [0.1, 0.15) is 12.4 Å². The molecule has 0 spiro atoms. The summed E-state index contributed by atoms with van der Waals surface area (Å²) in [6.07, 6.45) is 0.442. The number of benzene rings is 2. The van der Waals surface area contributed by atoms with Gasteiger partial charge in [0.15, 0.2) is 0 Å². The number of H-pyrrole nitrogens is 1. The molecule has 0 radical (unpaired) electrons. The van der Waals surface area contributed by atoms with Crippen molar-refractivity contribution in [2.24, 2.45) is 0 Å². The highest BCUT2D eigenvalue weighted by Gasteiger charge is 2.18. The van der Waals surface area contributed by atoms with Crippen LogP contribution in [-0.4, -0.2) is 24.5 Å². The minimum atomic E-state index is -0.367. The SMILES string of the molecule is O=c1n(Cc2n[nH]c(=S)o2)nc(Cc2ccccc2)n1-c1cc(Cl)cc(Cl)c1. The second-order valence-corrected chi connectivity index (χ2v) is 7.23. The molecule has 2 aromatic carbocycles. The van der Waals surface area contributed by atoms with Gasteiger partial charge in [-0.15, -0.1) is 5.10 Å². The van der Waals surface area contributed by atoms with E-state index >= 15 is 0 Å². The van der Waals surface area contributed by atoms with E-state index in [0.717, 1.165) is 5.56 Å². The molecular weight excluding hydrogens is 421 g/mol. The Morgan fingerprint density at radius 3 is 2.46 bits per heavy atom. The summed E-state index contributed by atoms with van der Waals surface area (Å²) in [6.45, 7) is 0.0368. The molecule has 142 valence electrons. The van der Waals surface area contributed by atoms with E-state index in [4.69, 9.17) is 39.8 Å². The van der Waals surface area contributed by atoms with Crippen molar-refractivity contribution >= 4 is 35.4 Å². The van der Waals surface area contributed by atoms with Gasteiger partial charge in [-0.05, 0) is 36.0 Å². The van der Waals surface area contributed by atoms with Crippen molar-refractivity contribution in [1.29, 1.82) is 0 Å². The molecule has 4 aromatic rings. The van der Waals surface area contributed by atoms with E-state index in [9.17, 15) is 4.79 Å². The summed E-state index contributed by atoms with van der Waals surface area (Å²) in [5, 5.41) is 11.8. The van der Waals surface area contributed by atoms with Crippen LogP contribution in [0.4, 0.5) is 0 Å². The average molecular weight is 434 g/mol. The van der Waals surface area contributed by atoms with Crippen LogP contribution in [0.2, 0.25) is 10.0 Å². The number of nitrogens with zero attached hydrogens (tertiary/aromatic N) is 4. The Bertz CT molecular complexity index is 1220. The smallest absolute Gasteiger partial charge is 0.351 e. The molecule has 28 heavy (non-hydrogen) atoms. The van der Waals surface area contributed by atoms with Crippen molar-refractivity contribution in [3.05, 3.63) is 91.2 Å². The van der Waals surface area contributed by atoms with Crippen LogP contribution in [0.3, 0.4) is 0 Å². The number of hydrogen-bond acceptors (Lipinski definition) is 5. The van der Waals surface area contributed by atoms with Crippen LogP contribution >= 0.6 is 35.4 Å². The van der Waals surface area contributed by atoms with E-state index in [0.29, 0.717) is 28.0 Å². The number of rotatable bonds is 5. The van der Waals surface area contributed by atoms with Crippen LogP contribution in [0.5, 0.6) is 0 Å². The fourth-order valence-electron chi connectivity index (χ4n) is 2.83. The van der Waals surface area contributed by atoms with E-state index in [1.54, 1.807) is 18.2 Å². The Hall–Kier alpha value is -2.68. The zero-order valence-corrected chi connectivity index (χ0v) is 16.6. The van der Waals surface area contributed by atoms with Gasteiger partial charge in [-0.2, -0.15) is 5.10 Å². The molecule has 0 atom stereocenters. The van der Waals surface area contributed by atoms with E-state index in [1.165, 1.54) is 9.25 Å². The van der Waals surface area contributed by atoms with Gasteiger partial charge in [0.2, 0.25) is 5.89 Å². The van der Waals surface area contributed by atoms with Gasteiger partial charge in [-0.25, -0.2) is 19.1 Å². The first-order chi connectivity index (χ1) is 13.5. The molecule has 0 aliphatic heterocycles. The Morgan fingerprint density at radius 2 is 1.82 bits per heavy atom. The Balaban J connectivity index is 1.83. The zero-order valence-electron chi connectivity index (χ0n) is 14.3. The number of aromatic nitrogens is 5. The Kier molecular flexibility index (Phi) is 5.17. The molecule has 0 fully saturated rings. The molecule has 4 rings (SSSR count). The molecule has 0 bridgehead atoms. The minimum Gasteiger partial charge on any atom is -0.412 e. The molecule has 2 heterocycles. The molecule has 2 aromatic heterocycles. The standard InChI is InChI=1S/C18H13Cl2N5O2S/c19-12-7-13(20)9-14(8-12)25-15(6-11-4-2-1-3-5-11)23-24(18(25)26)10-16-21-22-17(28)27-16/h1-5,7-9H,6,10H2,(H,22,28). The predicted octanol–water partition coefficient (Wildman–Crippen LogP) is 4.03. The highest BCUT2D eigenvalue weighted by Crippen LogP contribution is 2.22. The topological polar surface area (TPSA) is 81.6 Å². The quantitative estimate of drug-likeness (QED) is 0.480. The normalized spacial score (nSPS) is 11.1. The van der Waals surface area contributed by atoms with Gasteiger partial charge in [-0.1, -0.05) is 53.5 Å². The van der Waals surface area contributed by atoms with Gasteiger partial charge in [0, 0.05) is 16.5 Å². The molecule has 0 aliphatic carbocycles. The van der Waals surface area contributed by atoms with Crippen LogP contribution in [0, 0.1) is 4.84 Å². The van der Waals surface area contributed by atoms with Gasteiger partial charge in [-0.3, -0.25) is 0 Å². The van der Waals surface area contributed by atoms with Crippen molar-refractivity contribution in [3.8, 4) is 5.69 Å². The van der Waals surface area contributed by atoms with Crippen molar-refractivity contribution in [2.75, 3.05) is 0 Å². The highest BCUT2D eigenvalue weighted by atomic mass is 35.5. The number of hydrogen-bond donors (Lipinski definition) is 1. The van der Waals surface area contributed by atoms with E-state index < -0.39 is 0 Å². The molecule has 0 amide bonds. The van der Waals surface area contributed by atoms with Crippen molar-refractivity contribution in [3.63, 3.8) is 0 Å². The summed E-state index contributed by atoms with van der Waals surface area (Å²) in [6, 6.07) is 14.6. The Morgan fingerprint density at radius 1 is 1.11 bits per heavy atom. The summed E-state index contributed by atoms with van der Waals surface area (Å²) < 4.78 is 7.99. The van der Waals surface area contributed by atoms with Crippen molar-refractivity contribution in [1.82, 2.24) is 24.5 Å². The maximum Gasteiger partial charge on any atom is 0.351 e. The third kappa shape index (κ3) is 3.94. The third-order valence-corrected chi connectivity index (χ3v) is 4.60. The van der Waals surface area contributed by atoms with Crippen molar-refractivity contribution in [2.45, 2.75) is 13.0 Å². The lowest BCUT2D eigenvalue weighted by molar-refractivity contribution is 0.449. The molecule has 0 unspecified atom stereocenters. The summed E-state index contributed by atoms with van der Waals surface area (Å²) in [7, 11) is 0. The van der Waals surface area contributed by atoms with Gasteiger partial charge in [0.25, 0.3) is 4.84 Å². The maximum absolute atomic E-state index is 13.1. The third-order valence-electron chi connectivity index (χ3n) is 3.98. The summed E-state index contributed by atoms with van der Waals surface area (Å²) in [5.74, 6) is 0.788. The highest BCUT2D eigenvalue weighted by molar-refractivity contribution is 7.71. The first-order valence-corrected chi connectivity index (χ1v) is 9.39. The molecule has 10 heteroatoms. The predicted molar refractivity (Wildman–Crippen MR) is 108 cm³/mol. The van der Waals surface area contributed by atoms with Gasteiger partial charge in [0.05, 0.1) is 5.69 Å². The van der Waals surface area contributed by atoms with Crippen LogP contribution in [-0.2, 0) is 13.0 Å². The minimum absolute atomic E-state index is 0.0368. The van der Waals surface area contributed by atoms with Crippen LogP contribution < -0.4 is 5.69 Å². The molecule has 0 saturated heterocycles. The van der Waals surface area contributed by atoms with Crippen LogP contribution in [0.25, 0.3) is 5.69 Å². The van der Waals surface area contributed by atoms with E-state index in [1.807, 2.05) is 30.3 Å². The summed E-state index contributed by atoms with van der Waals surface area (Å²) in [4.78, 5) is 13.2. The lowest BCUT2D eigenvalue weighted by Gasteiger charge is -2.07. The number of halogens is 2. The first-order valence-electron chi connectivity index (χ1n) is 8.23. The van der Waals surface area contributed by atoms with Crippen LogP contribution in [0.1, 0.15) is 17.3 Å². The summed E-state index contributed by atoms with van der Waals surface area (Å²) in [5.41, 5.74) is 1.17. The molecule has 0 aliphatic rings. The zero-order chi connectivity index (χ0) is 19.7. The lowest BCUT2D eigenvalue weighted by atomic mass is 10.1. The number of aromatic amines is 1. The second-order valence-electron chi connectivity index (χ2n) is 5.99.